The van der Waals surface area contributed by atoms with Crippen LogP contribution in [0.5, 0.6) is 5.75 Å². The first kappa shape index (κ1) is 26.0. The number of carbonyl (C=O) groups excluding carboxylic acids is 2. The van der Waals surface area contributed by atoms with Gasteiger partial charge in [0.1, 0.15) is 5.75 Å². The van der Waals surface area contributed by atoms with Crippen LogP contribution in [0.1, 0.15) is 25.3 Å². The third-order valence-corrected chi connectivity index (χ3v) is 6.76. The van der Waals surface area contributed by atoms with Gasteiger partial charge in [-0.25, -0.2) is 14.6 Å². The molecule has 1 unspecified atom stereocenters. The molecule has 37 heavy (non-hydrogen) atoms. The number of aliphatic hydroxyl groups excluding tert-OH is 1. The largest absolute Gasteiger partial charge is 0.496 e. The Morgan fingerprint density at radius 2 is 1.51 bits per heavy atom. The number of para-hydroxylation sites is 3. The first-order valence-electron chi connectivity index (χ1n) is 11.9. The molecule has 194 valence electrons. The Kier molecular flexibility index (Phi) is 7.63. The van der Waals surface area contributed by atoms with Crippen LogP contribution in [0, 0.1) is 0 Å². The van der Waals surface area contributed by atoms with E-state index in [4.69, 9.17) is 14.2 Å². The van der Waals surface area contributed by atoms with Crippen LogP contribution in [0.3, 0.4) is 0 Å². The first-order valence-corrected chi connectivity index (χ1v) is 11.9. The van der Waals surface area contributed by atoms with Crippen LogP contribution < -0.4 is 4.74 Å². The molecule has 2 heterocycles. The highest BCUT2D eigenvalue weighted by molar-refractivity contribution is 6.00. The molecular weight excluding hydrogens is 474 g/mol. The molecule has 0 radical (unpaired) electrons. The fourth-order valence-corrected chi connectivity index (χ4v) is 5.00. The second-order valence-corrected chi connectivity index (χ2v) is 8.81. The van der Waals surface area contributed by atoms with E-state index < -0.39 is 24.0 Å². The summed E-state index contributed by atoms with van der Waals surface area (Å²) in [5.41, 5.74) is 4.07. The Bertz CT molecular complexity index is 1350. The lowest BCUT2D eigenvalue weighted by molar-refractivity contribution is -0.137. The van der Waals surface area contributed by atoms with Gasteiger partial charge in [0.2, 0.25) is 0 Å². The minimum Gasteiger partial charge on any atom is -0.496 e. The van der Waals surface area contributed by atoms with Crippen LogP contribution in [-0.2, 0) is 25.6 Å². The van der Waals surface area contributed by atoms with Crippen LogP contribution in [0.25, 0.3) is 11.0 Å². The van der Waals surface area contributed by atoms with Gasteiger partial charge in [0.15, 0.2) is 0 Å². The summed E-state index contributed by atoms with van der Waals surface area (Å²) in [5.74, 6) is -1.41. The number of ether oxygens (including phenoxy) is 3. The summed E-state index contributed by atoms with van der Waals surface area (Å²) in [5, 5.41) is 11.1. The molecule has 2 aromatic carbocycles. The smallest absolute Gasteiger partial charge is 0.336 e. The molecule has 1 aromatic heterocycles. The fraction of sp³-hybridized carbons (Fsp3) is 0.321. The highest BCUT2D eigenvalue weighted by Gasteiger charge is 2.41. The van der Waals surface area contributed by atoms with Gasteiger partial charge in [-0.1, -0.05) is 30.3 Å². The SMILES string of the molecule is COC(=O)C1=C(C)N(CC(O)Cn2cnc3ccccc32)C(C)=C(C(=O)OC)C1c1ccccc1OC. The van der Waals surface area contributed by atoms with E-state index in [1.165, 1.54) is 21.3 Å². The number of aromatic nitrogens is 2. The van der Waals surface area contributed by atoms with Crippen LogP contribution in [0.4, 0.5) is 0 Å². The second kappa shape index (κ2) is 10.9. The van der Waals surface area contributed by atoms with Crippen molar-refractivity contribution in [3.63, 3.8) is 0 Å². The molecule has 0 bridgehead atoms. The predicted octanol–water partition coefficient (Wildman–Crippen LogP) is 3.40. The van der Waals surface area contributed by atoms with Crippen molar-refractivity contribution in [1.82, 2.24) is 14.5 Å². The monoisotopic (exact) mass is 505 g/mol. The quantitative estimate of drug-likeness (QED) is 0.465. The molecule has 1 atom stereocenters. The normalized spacial score (nSPS) is 15.2. The van der Waals surface area contributed by atoms with E-state index >= 15 is 0 Å². The van der Waals surface area contributed by atoms with Crippen molar-refractivity contribution >= 4 is 23.0 Å². The van der Waals surface area contributed by atoms with E-state index in [1.54, 1.807) is 31.1 Å². The highest BCUT2D eigenvalue weighted by atomic mass is 16.5. The van der Waals surface area contributed by atoms with E-state index in [0.717, 1.165) is 11.0 Å². The molecule has 9 nitrogen and oxygen atoms in total. The summed E-state index contributed by atoms with van der Waals surface area (Å²) in [6.07, 6.45) is 0.843. The van der Waals surface area contributed by atoms with Crippen LogP contribution in [0.15, 0.2) is 77.4 Å². The summed E-state index contributed by atoms with van der Waals surface area (Å²) in [4.78, 5) is 32.5. The number of nitrogens with zero attached hydrogens (tertiary/aromatic N) is 3. The van der Waals surface area contributed by atoms with Crippen molar-refractivity contribution in [3.8, 4) is 5.75 Å². The Morgan fingerprint density at radius 1 is 0.919 bits per heavy atom. The van der Waals surface area contributed by atoms with E-state index in [9.17, 15) is 14.7 Å². The minimum atomic E-state index is -0.844. The first-order chi connectivity index (χ1) is 17.8. The van der Waals surface area contributed by atoms with Gasteiger partial charge in [0.05, 0.1) is 74.9 Å². The number of carbonyl (C=O) groups is 2. The Hall–Kier alpha value is -4.11. The molecule has 0 amide bonds. The zero-order chi connectivity index (χ0) is 26.7. The average Bonchev–Trinajstić information content (AvgIpc) is 3.32. The third-order valence-electron chi connectivity index (χ3n) is 6.76. The van der Waals surface area contributed by atoms with E-state index in [0.29, 0.717) is 22.7 Å². The Labute approximate surface area is 215 Å². The molecule has 0 fully saturated rings. The van der Waals surface area contributed by atoms with Crippen LogP contribution in [-0.4, -0.2) is 65.5 Å². The number of allylic oxidation sites excluding steroid dienone is 2. The fourth-order valence-electron chi connectivity index (χ4n) is 5.00. The number of hydrogen-bond acceptors (Lipinski definition) is 8. The maximum atomic E-state index is 13.2. The summed E-state index contributed by atoms with van der Waals surface area (Å²) >= 11 is 0. The molecule has 9 heteroatoms. The minimum absolute atomic E-state index is 0.129. The average molecular weight is 506 g/mol. The highest BCUT2D eigenvalue weighted by Crippen LogP contribution is 2.45. The molecule has 4 rings (SSSR count). The van der Waals surface area contributed by atoms with Crippen molar-refractivity contribution in [2.75, 3.05) is 27.9 Å². The van der Waals surface area contributed by atoms with Gasteiger partial charge in [0.25, 0.3) is 0 Å². The van der Waals surface area contributed by atoms with E-state index in [-0.39, 0.29) is 24.2 Å². The lowest BCUT2D eigenvalue weighted by atomic mass is 9.79. The van der Waals surface area contributed by atoms with Crippen molar-refractivity contribution < 1.29 is 28.9 Å². The van der Waals surface area contributed by atoms with Crippen LogP contribution in [0.2, 0.25) is 0 Å². The molecule has 1 aliphatic rings. The van der Waals surface area contributed by atoms with Gasteiger partial charge in [-0.3, -0.25) is 0 Å². The maximum Gasteiger partial charge on any atom is 0.336 e. The lowest BCUT2D eigenvalue weighted by Crippen LogP contribution is -2.39. The van der Waals surface area contributed by atoms with Gasteiger partial charge in [-0.05, 0) is 32.0 Å². The van der Waals surface area contributed by atoms with Crippen molar-refractivity contribution in [2.45, 2.75) is 32.4 Å². The molecule has 1 N–H and O–H groups in total. The Morgan fingerprint density at radius 3 is 2.14 bits per heavy atom. The summed E-state index contributed by atoms with van der Waals surface area (Å²) < 4.78 is 17.8. The summed E-state index contributed by atoms with van der Waals surface area (Å²) in [6, 6.07) is 14.9. The van der Waals surface area contributed by atoms with Crippen LogP contribution >= 0.6 is 0 Å². The molecule has 0 aliphatic carbocycles. The topological polar surface area (TPSA) is 103 Å². The van der Waals surface area contributed by atoms with Gasteiger partial charge in [-0.2, -0.15) is 0 Å². The summed E-state index contributed by atoms with van der Waals surface area (Å²) in [7, 11) is 4.13. The molecule has 0 saturated carbocycles. The zero-order valence-electron chi connectivity index (χ0n) is 21.6. The number of imidazole rings is 1. The van der Waals surface area contributed by atoms with Gasteiger partial charge in [0, 0.05) is 17.0 Å². The number of β-amino-alcohol motifs (C(OH)–C–C–N with tert-alkyl or cyclic N) is 1. The molecule has 3 aromatic rings. The van der Waals surface area contributed by atoms with Crippen molar-refractivity contribution in [2.24, 2.45) is 0 Å². The number of fused-ring (bicyclic) bond motifs is 1. The Balaban J connectivity index is 1.78. The predicted molar refractivity (Wildman–Crippen MR) is 138 cm³/mol. The number of rotatable bonds is 8. The molecule has 0 saturated heterocycles. The molecule has 0 spiro atoms. The van der Waals surface area contributed by atoms with Crippen molar-refractivity contribution in [1.29, 1.82) is 0 Å². The van der Waals surface area contributed by atoms with Gasteiger partial charge < -0.3 is 28.8 Å². The van der Waals surface area contributed by atoms with E-state index in [2.05, 4.69) is 4.98 Å². The third kappa shape index (κ3) is 4.82. The number of methoxy groups -OCH3 is 3. The summed E-state index contributed by atoms with van der Waals surface area (Å²) in [6.45, 7) is 3.97. The standard InChI is InChI=1S/C28H31N3O6/c1-17-24(27(33)36-4)26(20-10-6-9-13-23(20)35-3)25(28(34)37-5)18(2)31(17)15-19(32)14-30-16-29-21-11-7-8-12-22(21)30/h6-13,16,19,26,32H,14-15H2,1-5H3. The zero-order valence-corrected chi connectivity index (χ0v) is 21.6. The lowest BCUT2D eigenvalue weighted by Gasteiger charge is -2.39. The number of benzene rings is 2. The van der Waals surface area contributed by atoms with Crippen molar-refractivity contribution in [3.05, 3.63) is 83.0 Å². The number of aliphatic hydroxyl groups is 1. The maximum absolute atomic E-state index is 13.2. The number of hydrogen-bond donors (Lipinski definition) is 1. The molecule has 1 aliphatic heterocycles. The van der Waals surface area contributed by atoms with Gasteiger partial charge in [-0.15, -0.1) is 0 Å². The number of esters is 2. The van der Waals surface area contributed by atoms with E-state index in [1.807, 2.05) is 47.0 Å². The molecular formula is C28H31N3O6. The second-order valence-electron chi connectivity index (χ2n) is 8.81. The van der Waals surface area contributed by atoms with Gasteiger partial charge >= 0.3 is 11.9 Å².